The van der Waals surface area contributed by atoms with Crippen LogP contribution < -0.4 is 10.5 Å². The van der Waals surface area contributed by atoms with E-state index in [1.165, 1.54) is 0 Å². The van der Waals surface area contributed by atoms with Crippen molar-refractivity contribution < 1.29 is 4.74 Å². The fraction of sp³-hybridized carbons (Fsp3) is 0.0714. The van der Waals surface area contributed by atoms with E-state index < -0.39 is 0 Å². The summed E-state index contributed by atoms with van der Waals surface area (Å²) in [7, 11) is 1.63. The number of imidazole rings is 1. The number of halogens is 1. The molecule has 0 aliphatic heterocycles. The lowest BCUT2D eigenvalue weighted by molar-refractivity contribution is 0.416. The Morgan fingerprint density at radius 1 is 1.21 bits per heavy atom. The number of nitrogen functional groups attached to an aromatic ring is 1. The molecule has 0 bridgehead atoms. The summed E-state index contributed by atoms with van der Waals surface area (Å²) in [6.45, 7) is 0. The van der Waals surface area contributed by atoms with Crippen LogP contribution in [-0.4, -0.2) is 16.5 Å². The molecular formula is C14H12ClN3O. The molecule has 2 heterocycles. The molecule has 0 radical (unpaired) electrons. The molecule has 0 atom stereocenters. The number of hydrogen-bond donors (Lipinski definition) is 1. The number of ether oxygens (including phenoxy) is 1. The molecular weight excluding hydrogens is 262 g/mol. The average Bonchev–Trinajstić information content (AvgIpc) is 2.76. The Morgan fingerprint density at radius 3 is 2.79 bits per heavy atom. The van der Waals surface area contributed by atoms with Crippen LogP contribution in [0.25, 0.3) is 16.9 Å². The smallest absolute Gasteiger partial charge is 0.139 e. The van der Waals surface area contributed by atoms with Crippen molar-refractivity contribution in [1.29, 1.82) is 0 Å². The van der Waals surface area contributed by atoms with E-state index in [9.17, 15) is 0 Å². The molecule has 3 rings (SSSR count). The van der Waals surface area contributed by atoms with E-state index in [0.717, 1.165) is 17.0 Å². The second-order valence-corrected chi connectivity index (χ2v) is 4.56. The number of rotatable bonds is 2. The average molecular weight is 274 g/mol. The molecule has 4 nitrogen and oxygen atoms in total. The van der Waals surface area contributed by atoms with Gasteiger partial charge in [0.2, 0.25) is 0 Å². The number of benzene rings is 1. The van der Waals surface area contributed by atoms with Crippen LogP contribution in [0, 0.1) is 0 Å². The molecule has 2 N–H and O–H groups in total. The number of hydrogen-bond acceptors (Lipinski definition) is 3. The summed E-state index contributed by atoms with van der Waals surface area (Å²) in [4.78, 5) is 4.53. The lowest BCUT2D eigenvalue weighted by Crippen LogP contribution is -1.95. The molecule has 0 aliphatic carbocycles. The SMILES string of the molecule is COc1ccccc1-c1nc2ccc(Cl)cn2c1N. The fourth-order valence-corrected chi connectivity index (χ4v) is 2.24. The van der Waals surface area contributed by atoms with Gasteiger partial charge in [0.05, 0.1) is 12.1 Å². The van der Waals surface area contributed by atoms with Crippen LogP contribution in [0.2, 0.25) is 5.02 Å². The largest absolute Gasteiger partial charge is 0.496 e. The Hall–Kier alpha value is -2.20. The number of methoxy groups -OCH3 is 1. The van der Waals surface area contributed by atoms with Gasteiger partial charge in [0.1, 0.15) is 22.9 Å². The van der Waals surface area contributed by atoms with E-state index in [1.54, 1.807) is 23.8 Å². The Labute approximate surface area is 115 Å². The minimum absolute atomic E-state index is 0.544. The Kier molecular flexibility index (Phi) is 2.80. The van der Waals surface area contributed by atoms with E-state index in [1.807, 2.05) is 30.3 Å². The van der Waals surface area contributed by atoms with Crippen molar-refractivity contribution in [1.82, 2.24) is 9.38 Å². The van der Waals surface area contributed by atoms with Gasteiger partial charge >= 0.3 is 0 Å². The van der Waals surface area contributed by atoms with Gasteiger partial charge in [-0.1, -0.05) is 23.7 Å². The number of pyridine rings is 1. The first-order chi connectivity index (χ1) is 9.20. The summed E-state index contributed by atoms with van der Waals surface area (Å²) in [5, 5.41) is 0.614. The molecule has 0 spiro atoms. The van der Waals surface area contributed by atoms with Gasteiger partial charge < -0.3 is 10.5 Å². The van der Waals surface area contributed by atoms with E-state index in [4.69, 9.17) is 22.1 Å². The molecule has 0 amide bonds. The lowest BCUT2D eigenvalue weighted by atomic mass is 10.1. The molecule has 5 heteroatoms. The highest BCUT2D eigenvalue weighted by molar-refractivity contribution is 6.30. The third-order valence-corrected chi connectivity index (χ3v) is 3.21. The van der Waals surface area contributed by atoms with Crippen LogP contribution in [-0.2, 0) is 0 Å². The number of fused-ring (bicyclic) bond motifs is 1. The second-order valence-electron chi connectivity index (χ2n) is 4.12. The van der Waals surface area contributed by atoms with E-state index >= 15 is 0 Å². The van der Waals surface area contributed by atoms with Gasteiger partial charge in [-0.05, 0) is 24.3 Å². The van der Waals surface area contributed by atoms with Gasteiger partial charge in [-0.3, -0.25) is 4.40 Å². The maximum atomic E-state index is 6.15. The van der Waals surface area contributed by atoms with Crippen LogP contribution in [0.3, 0.4) is 0 Å². The highest BCUT2D eigenvalue weighted by Gasteiger charge is 2.14. The first kappa shape index (κ1) is 11.9. The minimum Gasteiger partial charge on any atom is -0.496 e. The van der Waals surface area contributed by atoms with Crippen molar-refractivity contribution >= 4 is 23.1 Å². The van der Waals surface area contributed by atoms with Gasteiger partial charge in [-0.25, -0.2) is 4.98 Å². The molecule has 0 unspecified atom stereocenters. The van der Waals surface area contributed by atoms with Gasteiger partial charge in [0.25, 0.3) is 0 Å². The summed E-state index contributed by atoms with van der Waals surface area (Å²) in [6.07, 6.45) is 1.75. The zero-order valence-corrected chi connectivity index (χ0v) is 11.1. The zero-order valence-electron chi connectivity index (χ0n) is 10.3. The molecule has 0 saturated carbocycles. The molecule has 96 valence electrons. The Balaban J connectivity index is 2.28. The molecule has 2 aromatic heterocycles. The highest BCUT2D eigenvalue weighted by atomic mass is 35.5. The van der Waals surface area contributed by atoms with Crippen molar-refractivity contribution in [3.8, 4) is 17.0 Å². The summed E-state index contributed by atoms with van der Waals surface area (Å²) < 4.78 is 7.11. The van der Waals surface area contributed by atoms with Gasteiger partial charge in [-0.15, -0.1) is 0 Å². The summed E-state index contributed by atoms with van der Waals surface area (Å²) in [6, 6.07) is 11.3. The van der Waals surface area contributed by atoms with Crippen LogP contribution in [0.4, 0.5) is 5.82 Å². The molecule has 0 fully saturated rings. The molecule has 1 aromatic carbocycles. The van der Waals surface area contributed by atoms with Crippen molar-refractivity contribution in [3.63, 3.8) is 0 Å². The summed E-state index contributed by atoms with van der Waals surface area (Å²) in [5.41, 5.74) is 8.46. The van der Waals surface area contributed by atoms with E-state index in [2.05, 4.69) is 4.98 Å². The maximum absolute atomic E-state index is 6.15. The second kappa shape index (κ2) is 4.48. The normalized spacial score (nSPS) is 10.8. The molecule has 3 aromatic rings. The fourth-order valence-electron chi connectivity index (χ4n) is 2.08. The third-order valence-electron chi connectivity index (χ3n) is 2.98. The van der Waals surface area contributed by atoms with Crippen LogP contribution in [0.1, 0.15) is 0 Å². The Bertz CT molecular complexity index is 752. The predicted molar refractivity (Wildman–Crippen MR) is 76.6 cm³/mol. The first-order valence-electron chi connectivity index (χ1n) is 5.77. The summed E-state index contributed by atoms with van der Waals surface area (Å²) in [5.74, 6) is 1.28. The van der Waals surface area contributed by atoms with Gasteiger partial charge in [0.15, 0.2) is 0 Å². The van der Waals surface area contributed by atoms with E-state index in [0.29, 0.717) is 16.5 Å². The summed E-state index contributed by atoms with van der Waals surface area (Å²) >= 11 is 5.98. The van der Waals surface area contributed by atoms with Gasteiger partial charge in [0, 0.05) is 11.8 Å². The third kappa shape index (κ3) is 1.90. The van der Waals surface area contributed by atoms with Crippen LogP contribution in [0.15, 0.2) is 42.6 Å². The molecule has 19 heavy (non-hydrogen) atoms. The predicted octanol–water partition coefficient (Wildman–Crippen LogP) is 3.25. The zero-order chi connectivity index (χ0) is 13.4. The minimum atomic E-state index is 0.544. The lowest BCUT2D eigenvalue weighted by Gasteiger charge is -2.06. The highest BCUT2D eigenvalue weighted by Crippen LogP contribution is 2.33. The van der Waals surface area contributed by atoms with Crippen molar-refractivity contribution in [2.24, 2.45) is 0 Å². The van der Waals surface area contributed by atoms with Crippen molar-refractivity contribution in [2.45, 2.75) is 0 Å². The van der Waals surface area contributed by atoms with Crippen LogP contribution in [0.5, 0.6) is 5.75 Å². The quantitative estimate of drug-likeness (QED) is 0.780. The molecule has 0 saturated heterocycles. The maximum Gasteiger partial charge on any atom is 0.139 e. The topological polar surface area (TPSA) is 52.5 Å². The number of nitrogens with two attached hydrogens (primary N) is 1. The standard InChI is InChI=1S/C14H12ClN3O/c1-19-11-5-3-2-4-10(11)13-14(16)18-8-9(15)6-7-12(18)17-13/h2-8H,16H2,1H3. The van der Waals surface area contributed by atoms with Crippen molar-refractivity contribution in [2.75, 3.05) is 12.8 Å². The van der Waals surface area contributed by atoms with E-state index in [-0.39, 0.29) is 0 Å². The van der Waals surface area contributed by atoms with Crippen molar-refractivity contribution in [3.05, 3.63) is 47.6 Å². The first-order valence-corrected chi connectivity index (χ1v) is 6.15. The molecule has 0 aliphatic rings. The number of nitrogens with zero attached hydrogens (tertiary/aromatic N) is 2. The monoisotopic (exact) mass is 273 g/mol. The number of para-hydroxylation sites is 1. The van der Waals surface area contributed by atoms with Crippen LogP contribution >= 0.6 is 11.6 Å². The number of anilines is 1. The number of aromatic nitrogens is 2. The van der Waals surface area contributed by atoms with Gasteiger partial charge in [-0.2, -0.15) is 0 Å². The Morgan fingerprint density at radius 2 is 2.00 bits per heavy atom.